The molecule has 0 heterocycles. The molecular weight excluding hydrogens is 234 g/mol. The van der Waals surface area contributed by atoms with E-state index < -0.39 is 5.54 Å². The van der Waals surface area contributed by atoms with Gasteiger partial charge in [-0.25, -0.2) is 0 Å². The molecule has 0 bridgehead atoms. The summed E-state index contributed by atoms with van der Waals surface area (Å²) in [6, 6.07) is 0. The van der Waals surface area contributed by atoms with Crippen LogP contribution in [0, 0.1) is 0 Å². The summed E-state index contributed by atoms with van der Waals surface area (Å²) in [6.45, 7) is 9.01. The fourth-order valence-electron chi connectivity index (χ4n) is 1.62. The van der Waals surface area contributed by atoms with Crippen LogP contribution in [0.2, 0.25) is 0 Å². The van der Waals surface area contributed by atoms with Crippen molar-refractivity contribution in [3.63, 3.8) is 0 Å². The molecule has 1 N–H and O–H groups in total. The molecule has 1 unspecified atom stereocenters. The van der Waals surface area contributed by atoms with Gasteiger partial charge in [-0.1, -0.05) is 13.8 Å². The van der Waals surface area contributed by atoms with E-state index in [-0.39, 0.29) is 5.97 Å². The Balaban J connectivity index is 3.80. The van der Waals surface area contributed by atoms with Crippen molar-refractivity contribution in [2.45, 2.75) is 39.2 Å². The maximum absolute atomic E-state index is 11.7. The van der Waals surface area contributed by atoms with Gasteiger partial charge in [0.15, 0.2) is 0 Å². The van der Waals surface area contributed by atoms with Gasteiger partial charge < -0.3 is 19.5 Å². The fraction of sp³-hybridized carbons (Fsp3) is 0.923. The van der Waals surface area contributed by atoms with Gasteiger partial charge in [0.25, 0.3) is 0 Å². The van der Waals surface area contributed by atoms with Crippen molar-refractivity contribution < 1.29 is 19.0 Å². The number of carbonyl (C=O) groups is 1. The summed E-state index contributed by atoms with van der Waals surface area (Å²) in [6.07, 6.45) is 1.60. The normalized spacial score (nSPS) is 14.2. The SMILES string of the molecule is CCCOCCOCCC(C)(NCC)C(=O)OC. The second kappa shape index (κ2) is 10.3. The molecule has 0 fully saturated rings. The molecular formula is C13H27NO4. The van der Waals surface area contributed by atoms with Gasteiger partial charge in [-0.15, -0.1) is 0 Å². The first kappa shape index (κ1) is 17.4. The predicted molar refractivity (Wildman–Crippen MR) is 70.6 cm³/mol. The number of nitrogens with one attached hydrogen (secondary N) is 1. The van der Waals surface area contributed by atoms with Crippen LogP contribution in [0.3, 0.4) is 0 Å². The van der Waals surface area contributed by atoms with Gasteiger partial charge in [0, 0.05) is 13.2 Å². The average molecular weight is 261 g/mol. The van der Waals surface area contributed by atoms with E-state index in [0.29, 0.717) is 32.8 Å². The van der Waals surface area contributed by atoms with Crippen molar-refractivity contribution in [3.8, 4) is 0 Å². The second-order valence-corrected chi connectivity index (χ2v) is 4.33. The van der Waals surface area contributed by atoms with Crippen molar-refractivity contribution in [1.29, 1.82) is 0 Å². The number of ether oxygens (including phenoxy) is 3. The third-order valence-corrected chi connectivity index (χ3v) is 2.67. The molecule has 0 aromatic carbocycles. The van der Waals surface area contributed by atoms with Crippen molar-refractivity contribution in [2.75, 3.05) is 40.1 Å². The van der Waals surface area contributed by atoms with Gasteiger partial charge in [0.2, 0.25) is 0 Å². The highest BCUT2D eigenvalue weighted by molar-refractivity contribution is 5.80. The summed E-state index contributed by atoms with van der Waals surface area (Å²) in [5, 5.41) is 3.14. The van der Waals surface area contributed by atoms with E-state index in [9.17, 15) is 4.79 Å². The molecule has 5 heteroatoms. The standard InChI is InChI=1S/C13H27NO4/c1-5-8-17-10-11-18-9-7-13(3,14-6-2)12(15)16-4/h14H,5-11H2,1-4H3. The third-order valence-electron chi connectivity index (χ3n) is 2.67. The van der Waals surface area contributed by atoms with Crippen LogP contribution in [0.4, 0.5) is 0 Å². The zero-order valence-electron chi connectivity index (χ0n) is 12.1. The monoisotopic (exact) mass is 261 g/mol. The Kier molecular flexibility index (Phi) is 9.92. The fourth-order valence-corrected chi connectivity index (χ4v) is 1.62. The lowest BCUT2D eigenvalue weighted by Gasteiger charge is -2.27. The molecule has 1 atom stereocenters. The van der Waals surface area contributed by atoms with Crippen LogP contribution in [0.5, 0.6) is 0 Å². The summed E-state index contributed by atoms with van der Waals surface area (Å²) < 4.78 is 15.5. The van der Waals surface area contributed by atoms with Gasteiger partial charge in [-0.3, -0.25) is 4.79 Å². The molecule has 0 radical (unpaired) electrons. The van der Waals surface area contributed by atoms with Gasteiger partial charge >= 0.3 is 5.97 Å². The number of esters is 1. The van der Waals surface area contributed by atoms with Crippen LogP contribution in [-0.4, -0.2) is 51.6 Å². The van der Waals surface area contributed by atoms with Crippen LogP contribution in [-0.2, 0) is 19.0 Å². The lowest BCUT2D eigenvalue weighted by molar-refractivity contribution is -0.148. The van der Waals surface area contributed by atoms with Crippen LogP contribution in [0.1, 0.15) is 33.6 Å². The van der Waals surface area contributed by atoms with E-state index in [4.69, 9.17) is 14.2 Å². The number of rotatable bonds is 11. The summed E-state index contributed by atoms with van der Waals surface area (Å²) in [5.41, 5.74) is -0.673. The van der Waals surface area contributed by atoms with E-state index >= 15 is 0 Å². The molecule has 0 spiro atoms. The Morgan fingerprint density at radius 3 is 2.22 bits per heavy atom. The number of likely N-dealkylation sites (N-methyl/N-ethyl adjacent to an activating group) is 1. The Labute approximate surface area is 110 Å². The van der Waals surface area contributed by atoms with Gasteiger partial charge in [-0.05, 0) is 26.3 Å². The minimum atomic E-state index is -0.673. The van der Waals surface area contributed by atoms with Crippen LogP contribution in [0.15, 0.2) is 0 Å². The Hall–Kier alpha value is -0.650. The molecule has 0 aliphatic carbocycles. The minimum Gasteiger partial charge on any atom is -0.468 e. The zero-order valence-corrected chi connectivity index (χ0v) is 12.1. The Morgan fingerprint density at radius 2 is 1.72 bits per heavy atom. The van der Waals surface area contributed by atoms with Gasteiger partial charge in [0.05, 0.1) is 20.3 Å². The maximum atomic E-state index is 11.7. The smallest absolute Gasteiger partial charge is 0.325 e. The third kappa shape index (κ3) is 6.93. The van der Waals surface area contributed by atoms with Crippen molar-refractivity contribution in [1.82, 2.24) is 5.32 Å². The molecule has 0 aliphatic heterocycles. The zero-order chi connectivity index (χ0) is 13.9. The van der Waals surface area contributed by atoms with Gasteiger partial charge in [-0.2, -0.15) is 0 Å². The molecule has 0 saturated heterocycles. The molecule has 0 aliphatic rings. The second-order valence-electron chi connectivity index (χ2n) is 4.33. The maximum Gasteiger partial charge on any atom is 0.325 e. The molecule has 0 aromatic rings. The Bertz CT molecular complexity index is 223. The first-order chi connectivity index (χ1) is 8.60. The van der Waals surface area contributed by atoms with E-state index in [2.05, 4.69) is 12.2 Å². The molecule has 18 heavy (non-hydrogen) atoms. The van der Waals surface area contributed by atoms with Crippen molar-refractivity contribution >= 4 is 5.97 Å². The number of hydrogen-bond donors (Lipinski definition) is 1. The average Bonchev–Trinajstić information content (AvgIpc) is 2.37. The Morgan fingerprint density at radius 1 is 1.11 bits per heavy atom. The lowest BCUT2D eigenvalue weighted by atomic mass is 9.98. The highest BCUT2D eigenvalue weighted by Gasteiger charge is 2.32. The van der Waals surface area contributed by atoms with Crippen LogP contribution >= 0.6 is 0 Å². The van der Waals surface area contributed by atoms with Crippen molar-refractivity contribution in [3.05, 3.63) is 0 Å². The summed E-state index contributed by atoms with van der Waals surface area (Å²) in [7, 11) is 1.40. The summed E-state index contributed by atoms with van der Waals surface area (Å²) >= 11 is 0. The first-order valence-corrected chi connectivity index (χ1v) is 6.59. The van der Waals surface area contributed by atoms with Crippen LogP contribution < -0.4 is 5.32 Å². The molecule has 0 saturated carbocycles. The number of hydrogen-bond acceptors (Lipinski definition) is 5. The molecule has 108 valence electrons. The summed E-state index contributed by atoms with van der Waals surface area (Å²) in [4.78, 5) is 11.7. The first-order valence-electron chi connectivity index (χ1n) is 6.59. The lowest BCUT2D eigenvalue weighted by Crippen LogP contribution is -2.50. The largest absolute Gasteiger partial charge is 0.468 e. The molecule has 0 rings (SSSR count). The quantitative estimate of drug-likeness (QED) is 0.449. The van der Waals surface area contributed by atoms with Crippen LogP contribution in [0.25, 0.3) is 0 Å². The highest BCUT2D eigenvalue weighted by atomic mass is 16.5. The number of methoxy groups -OCH3 is 1. The van der Waals surface area contributed by atoms with E-state index in [0.717, 1.165) is 13.0 Å². The van der Waals surface area contributed by atoms with Gasteiger partial charge in [0.1, 0.15) is 5.54 Å². The van der Waals surface area contributed by atoms with Crippen molar-refractivity contribution in [2.24, 2.45) is 0 Å². The molecule has 5 nitrogen and oxygen atoms in total. The predicted octanol–water partition coefficient (Wildman–Crippen LogP) is 1.36. The highest BCUT2D eigenvalue weighted by Crippen LogP contribution is 2.11. The molecule has 0 aromatic heterocycles. The van der Waals surface area contributed by atoms with E-state index in [1.165, 1.54) is 7.11 Å². The molecule has 0 amide bonds. The van der Waals surface area contributed by atoms with E-state index in [1.807, 2.05) is 13.8 Å². The topological polar surface area (TPSA) is 56.8 Å². The number of carbonyl (C=O) groups excluding carboxylic acids is 1. The van der Waals surface area contributed by atoms with E-state index in [1.54, 1.807) is 0 Å². The minimum absolute atomic E-state index is 0.254. The summed E-state index contributed by atoms with van der Waals surface area (Å²) in [5.74, 6) is -0.254.